The van der Waals surface area contributed by atoms with E-state index in [2.05, 4.69) is 4.98 Å². The molecule has 2 rings (SSSR count). The number of para-hydroxylation sites is 1. The van der Waals surface area contributed by atoms with E-state index in [0.29, 0.717) is 6.42 Å². The molecule has 1 aromatic carbocycles. The minimum Gasteiger partial charge on any atom is -1.00 e. The van der Waals surface area contributed by atoms with Crippen LogP contribution in [-0.2, 0) is 11.2 Å². The fourth-order valence-corrected chi connectivity index (χ4v) is 1.62. The molecule has 17 heavy (non-hydrogen) atoms. The minimum absolute atomic E-state index is 0. The van der Waals surface area contributed by atoms with Gasteiger partial charge in [0, 0.05) is 23.5 Å². The predicted octanol–water partition coefficient (Wildman–Crippen LogP) is -4.64. The van der Waals surface area contributed by atoms with E-state index in [1.807, 2.05) is 30.5 Å². The first-order valence-corrected chi connectivity index (χ1v) is 4.72. The van der Waals surface area contributed by atoms with Crippen molar-refractivity contribution in [1.82, 2.24) is 4.98 Å². The molecule has 4 nitrogen and oxygen atoms in total. The molecular formula is C11H14KN2NaO2. The molecule has 0 aliphatic heterocycles. The van der Waals surface area contributed by atoms with Crippen LogP contribution in [0.1, 0.15) is 8.42 Å². The summed E-state index contributed by atoms with van der Waals surface area (Å²) in [5.74, 6) is -0.972. The Labute approximate surface area is 167 Å². The van der Waals surface area contributed by atoms with Crippen LogP contribution in [0.5, 0.6) is 0 Å². The average molecular weight is 268 g/mol. The van der Waals surface area contributed by atoms with Crippen molar-refractivity contribution in [3.05, 3.63) is 36.0 Å². The molecule has 0 amide bonds. The Morgan fingerprint density at radius 3 is 2.76 bits per heavy atom. The van der Waals surface area contributed by atoms with Crippen LogP contribution in [0.25, 0.3) is 10.9 Å². The van der Waals surface area contributed by atoms with Crippen LogP contribution in [0.2, 0.25) is 0 Å². The molecule has 0 radical (unpaired) electrons. The van der Waals surface area contributed by atoms with E-state index in [0.717, 1.165) is 16.5 Å². The van der Waals surface area contributed by atoms with Gasteiger partial charge in [-0.05, 0) is 11.6 Å². The van der Waals surface area contributed by atoms with Gasteiger partial charge in [-0.25, -0.2) is 0 Å². The minimum atomic E-state index is -0.972. The molecule has 4 N–H and O–H groups in total. The van der Waals surface area contributed by atoms with Gasteiger partial charge in [0.1, 0.15) is 6.04 Å². The number of fused-ring (bicyclic) bond motifs is 1. The molecule has 0 bridgehead atoms. The number of nitrogens with one attached hydrogen (secondary N) is 1. The van der Waals surface area contributed by atoms with Gasteiger partial charge in [-0.2, -0.15) is 0 Å². The monoisotopic (exact) mass is 268 g/mol. The summed E-state index contributed by atoms with van der Waals surface area (Å²) in [6.07, 6.45) is 2.16. The second kappa shape index (κ2) is 8.09. The number of aliphatic carboxylic acids is 1. The van der Waals surface area contributed by atoms with Gasteiger partial charge in [0.15, 0.2) is 0 Å². The van der Waals surface area contributed by atoms with E-state index in [1.54, 1.807) is 0 Å². The Morgan fingerprint density at radius 2 is 2.12 bits per heavy atom. The Bertz CT molecular complexity index is 510. The summed E-state index contributed by atoms with van der Waals surface area (Å²) < 4.78 is 0. The standard InChI is InChI=1S/C11H12N2O2.K.Na.2H/c12-9(11(14)15)5-7-6-13-10-4-2-1-3-8(7)10;;;;/h1-4,6,9,13H,5,12H2,(H,14,15);;;;/q;2*+1;2*-1/t9-;;;;/m0..../s1. The second-order valence-electron chi connectivity index (χ2n) is 3.51. The van der Waals surface area contributed by atoms with Gasteiger partial charge < -0.3 is 18.7 Å². The summed E-state index contributed by atoms with van der Waals surface area (Å²) in [6.45, 7) is 0. The van der Waals surface area contributed by atoms with E-state index >= 15 is 0 Å². The predicted molar refractivity (Wildman–Crippen MR) is 59.8 cm³/mol. The molecule has 2 aromatic rings. The van der Waals surface area contributed by atoms with Crippen molar-refractivity contribution in [1.29, 1.82) is 0 Å². The van der Waals surface area contributed by atoms with Gasteiger partial charge in [-0.3, -0.25) is 4.79 Å². The van der Waals surface area contributed by atoms with Crippen molar-refractivity contribution in [3.63, 3.8) is 0 Å². The van der Waals surface area contributed by atoms with Gasteiger partial charge in [-0.1, -0.05) is 18.2 Å². The SMILES string of the molecule is N[C@@H](Cc1c[nH]c2ccccc12)C(=O)O.[H-].[H-].[K+].[Na+]. The van der Waals surface area contributed by atoms with Gasteiger partial charge >= 0.3 is 86.9 Å². The zero-order valence-electron chi connectivity index (χ0n) is 12.1. The number of rotatable bonds is 3. The first-order valence-electron chi connectivity index (χ1n) is 4.72. The number of carboxylic acid groups (broad SMARTS) is 1. The molecule has 1 aromatic heterocycles. The van der Waals surface area contributed by atoms with E-state index in [1.165, 1.54) is 0 Å². The number of aromatic nitrogens is 1. The van der Waals surface area contributed by atoms with Crippen LogP contribution in [0, 0.1) is 0 Å². The van der Waals surface area contributed by atoms with E-state index in [-0.39, 0.29) is 83.8 Å². The number of carboxylic acids is 1. The maximum atomic E-state index is 10.6. The van der Waals surface area contributed by atoms with Gasteiger partial charge in [0.05, 0.1) is 0 Å². The van der Waals surface area contributed by atoms with Crippen LogP contribution < -0.4 is 86.7 Å². The normalized spacial score (nSPS) is 11.4. The van der Waals surface area contributed by atoms with Crippen molar-refractivity contribution >= 4 is 16.9 Å². The molecule has 6 heteroatoms. The molecule has 0 spiro atoms. The number of H-pyrrole nitrogens is 1. The van der Waals surface area contributed by atoms with E-state index in [9.17, 15) is 4.79 Å². The number of hydrogen-bond acceptors (Lipinski definition) is 2. The van der Waals surface area contributed by atoms with Crippen LogP contribution in [-0.4, -0.2) is 22.1 Å². The van der Waals surface area contributed by atoms with Gasteiger partial charge in [-0.15, -0.1) is 0 Å². The summed E-state index contributed by atoms with van der Waals surface area (Å²) in [5.41, 5.74) is 7.43. The maximum absolute atomic E-state index is 10.6. The molecule has 1 atom stereocenters. The smallest absolute Gasteiger partial charge is 1.00 e. The van der Waals surface area contributed by atoms with E-state index in [4.69, 9.17) is 10.8 Å². The van der Waals surface area contributed by atoms with Crippen molar-refractivity contribution in [2.24, 2.45) is 5.73 Å². The molecule has 0 fully saturated rings. The molecule has 1 heterocycles. The maximum Gasteiger partial charge on any atom is 1.00 e. The first kappa shape index (κ1) is 17.8. The van der Waals surface area contributed by atoms with Gasteiger partial charge in [0.2, 0.25) is 0 Å². The Balaban J connectivity index is -0.000000640. The molecule has 0 saturated heterocycles. The van der Waals surface area contributed by atoms with Crippen molar-refractivity contribution < 1.29 is 93.7 Å². The molecule has 0 saturated carbocycles. The third-order valence-corrected chi connectivity index (χ3v) is 2.43. The molecule has 0 aliphatic carbocycles. The third kappa shape index (κ3) is 4.45. The number of nitrogens with two attached hydrogens (primary N) is 1. The quantitative estimate of drug-likeness (QED) is 0.490. The topological polar surface area (TPSA) is 79.1 Å². The summed E-state index contributed by atoms with van der Waals surface area (Å²) in [6, 6.07) is 6.91. The zero-order chi connectivity index (χ0) is 10.8. The summed E-state index contributed by atoms with van der Waals surface area (Å²) in [5, 5.41) is 9.75. The van der Waals surface area contributed by atoms with Crippen LogP contribution in [0.3, 0.4) is 0 Å². The first-order chi connectivity index (χ1) is 7.18. The summed E-state index contributed by atoms with van der Waals surface area (Å²) in [7, 11) is 0. The molecule has 0 unspecified atom stereocenters. The largest absolute Gasteiger partial charge is 1.00 e. The third-order valence-electron chi connectivity index (χ3n) is 2.43. The van der Waals surface area contributed by atoms with Crippen molar-refractivity contribution in [2.45, 2.75) is 12.5 Å². The number of carbonyl (C=O) groups is 1. The van der Waals surface area contributed by atoms with Crippen LogP contribution in [0.4, 0.5) is 0 Å². The van der Waals surface area contributed by atoms with Crippen LogP contribution in [0.15, 0.2) is 30.5 Å². The Kier molecular flexibility index (Phi) is 8.48. The zero-order valence-corrected chi connectivity index (χ0v) is 15.2. The molecular weight excluding hydrogens is 254 g/mol. The van der Waals surface area contributed by atoms with E-state index < -0.39 is 12.0 Å². The fourth-order valence-electron chi connectivity index (χ4n) is 1.62. The number of aromatic amines is 1. The Hall–Kier alpha value is 0.826. The van der Waals surface area contributed by atoms with Gasteiger partial charge in [0.25, 0.3) is 0 Å². The molecule has 0 aliphatic rings. The second-order valence-corrected chi connectivity index (χ2v) is 3.51. The number of hydrogen-bond donors (Lipinski definition) is 3. The average Bonchev–Trinajstić information content (AvgIpc) is 2.62. The van der Waals surface area contributed by atoms with Crippen molar-refractivity contribution in [2.75, 3.05) is 0 Å². The molecule has 82 valence electrons. The summed E-state index contributed by atoms with van der Waals surface area (Å²) >= 11 is 0. The summed E-state index contributed by atoms with van der Waals surface area (Å²) in [4.78, 5) is 13.7. The number of benzene rings is 1. The fraction of sp³-hybridized carbons (Fsp3) is 0.182. The van der Waals surface area contributed by atoms with Crippen LogP contribution >= 0.6 is 0 Å². The van der Waals surface area contributed by atoms with Crippen molar-refractivity contribution in [3.8, 4) is 0 Å². The Morgan fingerprint density at radius 1 is 1.47 bits per heavy atom.